The molecule has 1 aliphatic rings. The van der Waals surface area contributed by atoms with E-state index in [1.165, 1.54) is 39.9 Å². The second kappa shape index (κ2) is 12.1. The first-order valence-electron chi connectivity index (χ1n) is 11.8. The van der Waals surface area contributed by atoms with Crippen molar-refractivity contribution in [3.63, 3.8) is 0 Å². The van der Waals surface area contributed by atoms with Gasteiger partial charge in [-0.3, -0.25) is 4.79 Å². The maximum Gasteiger partial charge on any atom is 0.243 e. The van der Waals surface area contributed by atoms with Crippen molar-refractivity contribution in [1.82, 2.24) is 14.1 Å². The van der Waals surface area contributed by atoms with E-state index in [9.17, 15) is 22.0 Å². The zero-order valence-corrected chi connectivity index (χ0v) is 21.5. The summed E-state index contributed by atoms with van der Waals surface area (Å²) in [6.07, 6.45) is 2.13. The Morgan fingerprint density at radius 2 is 1.56 bits per heavy atom. The summed E-state index contributed by atoms with van der Waals surface area (Å²) >= 11 is 1.50. The molecule has 0 atom stereocenters. The number of hydrogen-bond donors (Lipinski definition) is 0. The molecule has 2 aromatic carbocycles. The van der Waals surface area contributed by atoms with Crippen molar-refractivity contribution in [2.75, 3.05) is 32.7 Å². The van der Waals surface area contributed by atoms with E-state index in [1.54, 1.807) is 17.0 Å². The highest BCUT2D eigenvalue weighted by molar-refractivity contribution is 7.89. The van der Waals surface area contributed by atoms with Gasteiger partial charge in [-0.1, -0.05) is 18.2 Å². The molecule has 1 aliphatic heterocycles. The van der Waals surface area contributed by atoms with Gasteiger partial charge >= 0.3 is 0 Å². The van der Waals surface area contributed by atoms with E-state index in [0.29, 0.717) is 13.1 Å². The van der Waals surface area contributed by atoms with E-state index >= 15 is 0 Å². The highest BCUT2D eigenvalue weighted by Crippen LogP contribution is 2.20. The summed E-state index contributed by atoms with van der Waals surface area (Å²) in [6, 6.07) is 14.4. The lowest BCUT2D eigenvalue weighted by Crippen LogP contribution is -2.45. The Morgan fingerprint density at radius 1 is 0.917 bits per heavy atom. The molecule has 192 valence electrons. The minimum atomic E-state index is -4.03. The van der Waals surface area contributed by atoms with Crippen LogP contribution in [0.1, 0.15) is 23.3 Å². The second-order valence-electron chi connectivity index (χ2n) is 8.80. The maximum absolute atomic E-state index is 13.6. The van der Waals surface area contributed by atoms with Crippen molar-refractivity contribution in [1.29, 1.82) is 0 Å². The molecule has 1 aromatic heterocycles. The minimum Gasteiger partial charge on any atom is -0.332 e. The number of amides is 1. The molecule has 0 bridgehead atoms. The Balaban J connectivity index is 1.57. The van der Waals surface area contributed by atoms with E-state index in [4.69, 9.17) is 0 Å². The van der Waals surface area contributed by atoms with Gasteiger partial charge in [-0.25, -0.2) is 17.2 Å². The predicted molar refractivity (Wildman–Crippen MR) is 136 cm³/mol. The number of sulfonamides is 1. The molecule has 0 N–H and O–H groups in total. The van der Waals surface area contributed by atoms with Crippen LogP contribution in [0.3, 0.4) is 0 Å². The van der Waals surface area contributed by atoms with E-state index in [-0.39, 0.29) is 36.3 Å². The summed E-state index contributed by atoms with van der Waals surface area (Å²) < 4.78 is 55.0. The average Bonchev–Trinajstić information content (AvgIpc) is 3.57. The van der Waals surface area contributed by atoms with Crippen LogP contribution in [0.15, 0.2) is 70.9 Å². The van der Waals surface area contributed by atoms with Gasteiger partial charge in [0.05, 0.1) is 18.0 Å². The Kier molecular flexibility index (Phi) is 8.84. The molecule has 1 amide bonds. The van der Waals surface area contributed by atoms with Crippen LogP contribution >= 0.6 is 11.3 Å². The smallest absolute Gasteiger partial charge is 0.243 e. The Morgan fingerprint density at radius 3 is 2.17 bits per heavy atom. The van der Waals surface area contributed by atoms with Gasteiger partial charge in [0.2, 0.25) is 15.9 Å². The minimum absolute atomic E-state index is 0.0542. The summed E-state index contributed by atoms with van der Waals surface area (Å²) in [5.41, 5.74) is 0.742. The molecule has 0 aliphatic carbocycles. The second-order valence-corrected chi connectivity index (χ2v) is 11.8. The molecule has 1 saturated heterocycles. The highest BCUT2D eigenvalue weighted by atomic mass is 32.2. The molecule has 6 nitrogen and oxygen atoms in total. The standard InChI is InChI=1S/C26H29F2N3O3S2/c27-22-7-5-21(6-8-22)18-30(19-24-4-3-17-35-24)26(32)20-31(16-15-29-13-1-2-14-29)36(33,34)25-11-9-23(28)10-12-25/h3-12,17H,1-2,13-16,18-20H2. The average molecular weight is 534 g/mol. The van der Waals surface area contributed by atoms with Crippen LogP contribution in [0.5, 0.6) is 0 Å². The summed E-state index contributed by atoms with van der Waals surface area (Å²) in [4.78, 5) is 18.2. The Bertz CT molecular complexity index is 1230. The fourth-order valence-electron chi connectivity index (χ4n) is 4.18. The van der Waals surface area contributed by atoms with Gasteiger partial charge < -0.3 is 9.80 Å². The van der Waals surface area contributed by atoms with Crippen LogP contribution in [0.25, 0.3) is 0 Å². The van der Waals surface area contributed by atoms with E-state index < -0.39 is 15.8 Å². The third-order valence-electron chi connectivity index (χ3n) is 6.19. The van der Waals surface area contributed by atoms with Gasteiger partial charge in [0.15, 0.2) is 0 Å². The lowest BCUT2D eigenvalue weighted by molar-refractivity contribution is -0.132. The maximum atomic E-state index is 13.6. The van der Waals surface area contributed by atoms with Crippen molar-refractivity contribution in [3.8, 4) is 0 Å². The molecule has 3 aromatic rings. The first-order chi connectivity index (χ1) is 17.3. The topological polar surface area (TPSA) is 60.9 Å². The lowest BCUT2D eigenvalue weighted by Gasteiger charge is -2.28. The van der Waals surface area contributed by atoms with Gasteiger partial charge in [-0.05, 0) is 79.3 Å². The van der Waals surface area contributed by atoms with Gasteiger partial charge in [0.25, 0.3) is 0 Å². The van der Waals surface area contributed by atoms with E-state index in [2.05, 4.69) is 4.90 Å². The van der Waals surface area contributed by atoms with Gasteiger partial charge in [-0.2, -0.15) is 4.31 Å². The lowest BCUT2D eigenvalue weighted by atomic mass is 10.2. The third-order valence-corrected chi connectivity index (χ3v) is 8.91. The summed E-state index contributed by atoms with van der Waals surface area (Å²) in [7, 11) is -4.03. The molecule has 10 heteroatoms. The third kappa shape index (κ3) is 6.97. The molecule has 0 spiro atoms. The predicted octanol–water partition coefficient (Wildman–Crippen LogP) is 4.34. The molecule has 1 fully saturated rings. The molecule has 0 saturated carbocycles. The number of thiophene rings is 1. The first kappa shape index (κ1) is 26.4. The van der Waals surface area contributed by atoms with Crippen molar-refractivity contribution < 1.29 is 22.0 Å². The normalized spacial score (nSPS) is 14.4. The first-order valence-corrected chi connectivity index (χ1v) is 14.2. The Hall–Kier alpha value is -2.66. The zero-order chi connectivity index (χ0) is 25.5. The number of benzene rings is 2. The molecular formula is C26H29F2N3O3S2. The number of likely N-dealkylation sites (tertiary alicyclic amines) is 1. The van der Waals surface area contributed by atoms with E-state index in [0.717, 1.165) is 48.5 Å². The summed E-state index contributed by atoms with van der Waals surface area (Å²) in [5, 5.41) is 1.91. The number of hydrogen-bond acceptors (Lipinski definition) is 5. The zero-order valence-electron chi connectivity index (χ0n) is 19.9. The monoisotopic (exact) mass is 533 g/mol. The van der Waals surface area contributed by atoms with Gasteiger partial charge in [0.1, 0.15) is 11.6 Å². The van der Waals surface area contributed by atoms with Crippen LogP contribution in [-0.2, 0) is 27.9 Å². The largest absolute Gasteiger partial charge is 0.332 e. The number of rotatable bonds is 11. The Labute approximate surface area is 214 Å². The van der Waals surface area contributed by atoms with Crippen molar-refractivity contribution in [2.24, 2.45) is 0 Å². The van der Waals surface area contributed by atoms with Crippen molar-refractivity contribution >= 4 is 27.3 Å². The number of carbonyl (C=O) groups excluding carboxylic acids is 1. The molecule has 36 heavy (non-hydrogen) atoms. The van der Waals surface area contributed by atoms with E-state index in [1.807, 2.05) is 17.5 Å². The van der Waals surface area contributed by atoms with Crippen molar-refractivity contribution in [2.45, 2.75) is 30.8 Å². The molecule has 4 rings (SSSR count). The van der Waals surface area contributed by atoms with Gasteiger partial charge in [0, 0.05) is 24.5 Å². The number of carbonyl (C=O) groups is 1. The summed E-state index contributed by atoms with van der Waals surface area (Å²) in [6.45, 7) is 2.63. The number of nitrogens with zero attached hydrogens (tertiary/aromatic N) is 3. The van der Waals surface area contributed by atoms with Crippen molar-refractivity contribution in [3.05, 3.63) is 88.1 Å². The quantitative estimate of drug-likeness (QED) is 0.368. The number of halogens is 2. The summed E-state index contributed by atoms with van der Waals surface area (Å²) in [5.74, 6) is -1.26. The van der Waals surface area contributed by atoms with Crippen LogP contribution in [0.4, 0.5) is 8.78 Å². The molecule has 0 radical (unpaired) electrons. The van der Waals surface area contributed by atoms with Crippen LogP contribution in [0, 0.1) is 11.6 Å². The fraction of sp³-hybridized carbons (Fsp3) is 0.346. The molecular weight excluding hydrogens is 504 g/mol. The van der Waals surface area contributed by atoms with Gasteiger partial charge in [-0.15, -0.1) is 11.3 Å². The fourth-order valence-corrected chi connectivity index (χ4v) is 6.28. The highest BCUT2D eigenvalue weighted by Gasteiger charge is 2.29. The molecule has 2 heterocycles. The van der Waals surface area contributed by atoms with Crippen LogP contribution in [-0.4, -0.2) is 61.2 Å². The van der Waals surface area contributed by atoms with Crippen LogP contribution in [0.2, 0.25) is 0 Å². The SMILES string of the molecule is O=C(CN(CCN1CCCC1)S(=O)(=O)c1ccc(F)cc1)N(Cc1ccc(F)cc1)Cc1cccs1. The molecule has 0 unspecified atom stereocenters. The van der Waals surface area contributed by atoms with Crippen LogP contribution < -0.4 is 0 Å².